The highest BCUT2D eigenvalue weighted by Crippen LogP contribution is 2.22. The number of nitrogens with two attached hydrogens (primary N) is 1. The smallest absolute Gasteiger partial charge is 0.230 e. The molecular weight excluding hydrogens is 250 g/mol. The highest BCUT2D eigenvalue weighted by atomic mass is 32.2. The average Bonchev–Trinajstić information content (AvgIpc) is 2.37. The number of nitrogens with one attached hydrogen (secondary N) is 2. The van der Waals surface area contributed by atoms with Crippen molar-refractivity contribution in [3.05, 3.63) is 0 Å². The summed E-state index contributed by atoms with van der Waals surface area (Å²) in [6.45, 7) is 1.72. The van der Waals surface area contributed by atoms with E-state index >= 15 is 0 Å². The Kier molecular flexibility index (Phi) is 3.84. The summed E-state index contributed by atoms with van der Waals surface area (Å²) in [5, 5.41) is 9.50. The van der Waals surface area contributed by atoms with Crippen LogP contribution in [-0.4, -0.2) is 42.3 Å². The summed E-state index contributed by atoms with van der Waals surface area (Å²) in [7, 11) is -3.02. The van der Waals surface area contributed by atoms with Crippen molar-refractivity contribution in [2.45, 2.75) is 18.9 Å². The van der Waals surface area contributed by atoms with Crippen molar-refractivity contribution in [3.63, 3.8) is 0 Å². The van der Waals surface area contributed by atoms with E-state index in [1.54, 1.807) is 6.92 Å². The van der Waals surface area contributed by atoms with Gasteiger partial charge in [-0.3, -0.25) is 10.2 Å². The standard InChI is InChI=1S/C8H15N3O3S2/c1-8(2-3-16(13,14)5-8)11-6(12)4-15-7(9)10/h2-5H2,1H3,(H3,9,10)(H,11,12). The van der Waals surface area contributed by atoms with Crippen molar-refractivity contribution in [1.29, 1.82) is 5.41 Å². The van der Waals surface area contributed by atoms with Crippen LogP contribution in [0.15, 0.2) is 0 Å². The minimum absolute atomic E-state index is 0.0174. The van der Waals surface area contributed by atoms with Crippen molar-refractivity contribution in [2.75, 3.05) is 17.3 Å². The summed E-state index contributed by atoms with van der Waals surface area (Å²) in [6, 6.07) is 0. The van der Waals surface area contributed by atoms with Crippen LogP contribution in [0.5, 0.6) is 0 Å². The zero-order valence-electron chi connectivity index (χ0n) is 8.95. The molecule has 0 aromatic carbocycles. The first-order valence-electron chi connectivity index (χ1n) is 4.71. The van der Waals surface area contributed by atoms with Gasteiger partial charge in [0.15, 0.2) is 15.0 Å². The second kappa shape index (κ2) is 4.62. The molecule has 1 fully saturated rings. The minimum atomic E-state index is -3.02. The Morgan fingerprint density at radius 3 is 2.69 bits per heavy atom. The van der Waals surface area contributed by atoms with E-state index in [1.807, 2.05) is 0 Å². The average molecular weight is 265 g/mol. The molecule has 1 aliphatic rings. The summed E-state index contributed by atoms with van der Waals surface area (Å²) in [4.78, 5) is 11.4. The molecule has 1 atom stereocenters. The van der Waals surface area contributed by atoms with Crippen LogP contribution in [0.3, 0.4) is 0 Å². The van der Waals surface area contributed by atoms with E-state index in [9.17, 15) is 13.2 Å². The van der Waals surface area contributed by atoms with Gasteiger partial charge in [0, 0.05) is 0 Å². The quantitative estimate of drug-likeness (QED) is 0.461. The Morgan fingerprint density at radius 2 is 2.25 bits per heavy atom. The fourth-order valence-electron chi connectivity index (χ4n) is 1.63. The van der Waals surface area contributed by atoms with Crippen LogP contribution >= 0.6 is 11.8 Å². The van der Waals surface area contributed by atoms with Gasteiger partial charge in [-0.15, -0.1) is 0 Å². The van der Waals surface area contributed by atoms with E-state index in [0.717, 1.165) is 11.8 Å². The van der Waals surface area contributed by atoms with E-state index in [-0.39, 0.29) is 28.3 Å². The number of hydrogen-bond donors (Lipinski definition) is 3. The molecule has 0 bridgehead atoms. The minimum Gasteiger partial charge on any atom is -0.379 e. The number of thioether (sulfide) groups is 1. The van der Waals surface area contributed by atoms with Crippen LogP contribution in [0, 0.1) is 5.41 Å². The van der Waals surface area contributed by atoms with Gasteiger partial charge in [-0.2, -0.15) is 0 Å². The molecule has 16 heavy (non-hydrogen) atoms. The molecule has 1 aliphatic heterocycles. The molecule has 4 N–H and O–H groups in total. The maximum absolute atomic E-state index is 11.4. The zero-order chi connectivity index (χ0) is 12.4. The van der Waals surface area contributed by atoms with Gasteiger partial charge in [-0.25, -0.2) is 8.42 Å². The van der Waals surface area contributed by atoms with Crippen molar-refractivity contribution < 1.29 is 13.2 Å². The predicted molar refractivity (Wildman–Crippen MR) is 64.2 cm³/mol. The lowest BCUT2D eigenvalue weighted by molar-refractivity contribution is -0.120. The first-order valence-corrected chi connectivity index (χ1v) is 7.51. The van der Waals surface area contributed by atoms with E-state index < -0.39 is 15.4 Å². The summed E-state index contributed by atoms with van der Waals surface area (Å²) >= 11 is 0.921. The lowest BCUT2D eigenvalue weighted by atomic mass is 10.0. The Labute approximate surface area is 98.8 Å². The lowest BCUT2D eigenvalue weighted by Gasteiger charge is -2.23. The van der Waals surface area contributed by atoms with Crippen molar-refractivity contribution in [2.24, 2.45) is 5.73 Å². The summed E-state index contributed by atoms with van der Waals surface area (Å²) in [5.74, 6) is -0.148. The molecule has 1 amide bonds. The molecule has 1 saturated heterocycles. The number of carbonyl (C=O) groups is 1. The van der Waals surface area contributed by atoms with Gasteiger partial charge in [0.25, 0.3) is 0 Å². The monoisotopic (exact) mass is 265 g/mol. The lowest BCUT2D eigenvalue weighted by Crippen LogP contribution is -2.47. The molecular formula is C8H15N3O3S2. The zero-order valence-corrected chi connectivity index (χ0v) is 10.6. The van der Waals surface area contributed by atoms with E-state index in [1.165, 1.54) is 0 Å². The Hall–Kier alpha value is -0.760. The van der Waals surface area contributed by atoms with Gasteiger partial charge >= 0.3 is 0 Å². The van der Waals surface area contributed by atoms with Crippen LogP contribution in [0.4, 0.5) is 0 Å². The first-order chi connectivity index (χ1) is 7.22. The van der Waals surface area contributed by atoms with Gasteiger partial charge in [-0.05, 0) is 13.3 Å². The summed E-state index contributed by atoms with van der Waals surface area (Å²) in [5.41, 5.74) is 4.42. The van der Waals surface area contributed by atoms with Crippen LogP contribution in [0.25, 0.3) is 0 Å². The van der Waals surface area contributed by atoms with E-state index in [2.05, 4.69) is 5.32 Å². The van der Waals surface area contributed by atoms with Crippen LogP contribution in [0.1, 0.15) is 13.3 Å². The molecule has 6 nitrogen and oxygen atoms in total. The third kappa shape index (κ3) is 4.01. The number of sulfone groups is 1. The topological polar surface area (TPSA) is 113 Å². The van der Waals surface area contributed by atoms with E-state index in [0.29, 0.717) is 6.42 Å². The molecule has 1 rings (SSSR count). The fraction of sp³-hybridized carbons (Fsp3) is 0.750. The Morgan fingerprint density at radius 1 is 1.62 bits per heavy atom. The number of rotatable bonds is 3. The van der Waals surface area contributed by atoms with Crippen LogP contribution < -0.4 is 11.1 Å². The normalized spacial score (nSPS) is 27.6. The SMILES string of the molecule is CC1(NC(=O)CSC(=N)N)CCS(=O)(=O)C1. The van der Waals surface area contributed by atoms with E-state index in [4.69, 9.17) is 11.1 Å². The molecule has 0 aliphatic carbocycles. The molecule has 1 unspecified atom stereocenters. The molecule has 0 aromatic heterocycles. The third-order valence-electron chi connectivity index (χ3n) is 2.30. The first kappa shape index (κ1) is 13.3. The van der Waals surface area contributed by atoms with Crippen LogP contribution in [0.2, 0.25) is 0 Å². The van der Waals surface area contributed by atoms with Gasteiger partial charge in [0.1, 0.15) is 0 Å². The number of carbonyl (C=O) groups excluding carboxylic acids is 1. The molecule has 0 spiro atoms. The second-order valence-corrected chi connectivity index (χ2v) is 7.31. The second-order valence-electron chi connectivity index (χ2n) is 4.10. The maximum Gasteiger partial charge on any atom is 0.230 e. The number of amides is 1. The highest BCUT2D eigenvalue weighted by Gasteiger charge is 2.39. The molecule has 0 saturated carbocycles. The summed E-state index contributed by atoms with van der Waals surface area (Å²) < 4.78 is 22.6. The van der Waals surface area contributed by atoms with Crippen molar-refractivity contribution in [3.8, 4) is 0 Å². The summed E-state index contributed by atoms with van der Waals surface area (Å²) in [6.07, 6.45) is 0.436. The molecule has 92 valence electrons. The highest BCUT2D eigenvalue weighted by molar-refractivity contribution is 8.14. The van der Waals surface area contributed by atoms with Gasteiger partial charge in [0.2, 0.25) is 5.91 Å². The van der Waals surface area contributed by atoms with Gasteiger partial charge in [-0.1, -0.05) is 11.8 Å². The third-order valence-corrected chi connectivity index (χ3v) is 4.92. The molecule has 8 heteroatoms. The molecule has 0 aromatic rings. The fourth-order valence-corrected chi connectivity index (χ4v) is 4.08. The Bertz CT molecular complexity index is 407. The van der Waals surface area contributed by atoms with Gasteiger partial charge < -0.3 is 11.1 Å². The Balaban J connectivity index is 2.48. The molecule has 0 radical (unpaired) electrons. The molecule has 1 heterocycles. The largest absolute Gasteiger partial charge is 0.379 e. The maximum atomic E-state index is 11.4. The van der Waals surface area contributed by atoms with Crippen LogP contribution in [-0.2, 0) is 14.6 Å². The number of hydrogen-bond acceptors (Lipinski definition) is 5. The predicted octanol–water partition coefficient (Wildman–Crippen LogP) is -0.694. The van der Waals surface area contributed by atoms with Crippen molar-refractivity contribution in [1.82, 2.24) is 5.32 Å². The van der Waals surface area contributed by atoms with Crippen molar-refractivity contribution >= 4 is 32.7 Å². The number of amidine groups is 1. The van der Waals surface area contributed by atoms with Gasteiger partial charge in [0.05, 0.1) is 22.8 Å².